The van der Waals surface area contributed by atoms with Crippen molar-refractivity contribution in [2.45, 2.75) is 11.7 Å². The molecular formula is C15H16ClN3O3S. The number of thioether (sulfide) groups is 1. The van der Waals surface area contributed by atoms with E-state index in [1.165, 1.54) is 11.8 Å². The van der Waals surface area contributed by atoms with Gasteiger partial charge in [-0.1, -0.05) is 29.4 Å². The molecule has 0 unspecified atom stereocenters. The molecule has 2 heterocycles. The summed E-state index contributed by atoms with van der Waals surface area (Å²) in [4.78, 5) is 30.2. The Hall–Kier alpha value is -1.57. The van der Waals surface area contributed by atoms with Crippen molar-refractivity contribution >= 4 is 46.0 Å². The molecule has 6 nitrogen and oxygen atoms in total. The maximum absolute atomic E-state index is 12.1. The number of halogens is 1. The van der Waals surface area contributed by atoms with Crippen LogP contribution in [-0.4, -0.2) is 53.4 Å². The van der Waals surface area contributed by atoms with Crippen molar-refractivity contribution in [2.75, 3.05) is 31.6 Å². The third-order valence-electron chi connectivity index (χ3n) is 3.49. The summed E-state index contributed by atoms with van der Waals surface area (Å²) in [5, 5.41) is 3.53. The smallest absolute Gasteiger partial charge is 0.262 e. The van der Waals surface area contributed by atoms with Crippen LogP contribution in [-0.2, 0) is 14.3 Å². The fourth-order valence-corrected chi connectivity index (χ4v) is 3.65. The number of rotatable bonds is 3. The molecule has 3 rings (SSSR count). The van der Waals surface area contributed by atoms with Gasteiger partial charge in [-0.2, -0.15) is 4.99 Å². The van der Waals surface area contributed by atoms with E-state index in [0.29, 0.717) is 29.1 Å². The molecule has 0 saturated carbocycles. The number of hydrogen-bond acceptors (Lipinski definition) is 5. The quantitative estimate of drug-likeness (QED) is 0.900. The van der Waals surface area contributed by atoms with E-state index in [4.69, 9.17) is 16.3 Å². The molecule has 122 valence electrons. The topological polar surface area (TPSA) is 71.0 Å². The maximum Gasteiger partial charge on any atom is 0.262 e. The van der Waals surface area contributed by atoms with Gasteiger partial charge in [-0.3, -0.25) is 9.59 Å². The first-order chi connectivity index (χ1) is 11.1. The Morgan fingerprint density at radius 2 is 2.22 bits per heavy atom. The van der Waals surface area contributed by atoms with Crippen LogP contribution in [0.4, 0.5) is 5.69 Å². The summed E-state index contributed by atoms with van der Waals surface area (Å²) in [6.45, 7) is 2.71. The number of amidine groups is 1. The average Bonchev–Trinajstić information content (AvgIpc) is 2.89. The highest BCUT2D eigenvalue weighted by Gasteiger charge is 2.33. The Labute approximate surface area is 143 Å². The summed E-state index contributed by atoms with van der Waals surface area (Å²) in [5.74, 6) is -0.478. The summed E-state index contributed by atoms with van der Waals surface area (Å²) >= 11 is 7.23. The fraction of sp³-hybridized carbons (Fsp3) is 0.400. The van der Waals surface area contributed by atoms with E-state index >= 15 is 0 Å². The van der Waals surface area contributed by atoms with Crippen LogP contribution < -0.4 is 5.32 Å². The Morgan fingerprint density at radius 1 is 1.43 bits per heavy atom. The standard InChI is InChI=1S/C15H16ClN3O3S/c16-10-2-1-3-11(8-10)17-13(20)9-12-14(21)18-15(23-12)19-4-6-22-7-5-19/h1-3,8,12H,4-7,9H2,(H,17,20)/t12-/m0/s1. The van der Waals surface area contributed by atoms with E-state index in [2.05, 4.69) is 10.3 Å². The summed E-state index contributed by atoms with van der Waals surface area (Å²) in [5.41, 5.74) is 0.618. The molecule has 2 aliphatic rings. The zero-order valence-corrected chi connectivity index (χ0v) is 13.9. The van der Waals surface area contributed by atoms with Crippen LogP contribution >= 0.6 is 23.4 Å². The highest BCUT2D eigenvalue weighted by atomic mass is 35.5. The van der Waals surface area contributed by atoms with Gasteiger partial charge in [-0.25, -0.2) is 0 Å². The van der Waals surface area contributed by atoms with Gasteiger partial charge in [0.05, 0.1) is 13.2 Å². The second-order valence-corrected chi connectivity index (χ2v) is 6.81. The molecular weight excluding hydrogens is 338 g/mol. The molecule has 23 heavy (non-hydrogen) atoms. The number of benzene rings is 1. The first-order valence-corrected chi connectivity index (χ1v) is 8.55. The van der Waals surface area contributed by atoms with E-state index in [-0.39, 0.29) is 18.2 Å². The maximum atomic E-state index is 12.1. The Morgan fingerprint density at radius 3 is 2.96 bits per heavy atom. The van der Waals surface area contributed by atoms with Crippen molar-refractivity contribution in [3.63, 3.8) is 0 Å². The number of amides is 2. The van der Waals surface area contributed by atoms with Gasteiger partial charge in [0.15, 0.2) is 5.17 Å². The van der Waals surface area contributed by atoms with Gasteiger partial charge in [-0.05, 0) is 18.2 Å². The van der Waals surface area contributed by atoms with Crippen molar-refractivity contribution in [2.24, 2.45) is 4.99 Å². The molecule has 1 saturated heterocycles. The molecule has 0 bridgehead atoms. The van der Waals surface area contributed by atoms with E-state index in [9.17, 15) is 9.59 Å². The first-order valence-electron chi connectivity index (χ1n) is 7.29. The van der Waals surface area contributed by atoms with Crippen LogP contribution in [0.15, 0.2) is 29.3 Å². The van der Waals surface area contributed by atoms with Crippen LogP contribution in [0.3, 0.4) is 0 Å². The Bertz CT molecular complexity index is 647. The number of nitrogens with zero attached hydrogens (tertiary/aromatic N) is 2. The molecule has 0 spiro atoms. The molecule has 1 fully saturated rings. The molecule has 2 amide bonds. The van der Waals surface area contributed by atoms with Crippen molar-refractivity contribution in [1.29, 1.82) is 0 Å². The van der Waals surface area contributed by atoms with Gasteiger partial charge in [0.1, 0.15) is 5.25 Å². The zero-order valence-electron chi connectivity index (χ0n) is 12.3. The molecule has 0 radical (unpaired) electrons. The predicted molar refractivity (Wildman–Crippen MR) is 90.9 cm³/mol. The second-order valence-electron chi connectivity index (χ2n) is 5.20. The van der Waals surface area contributed by atoms with Crippen molar-refractivity contribution in [1.82, 2.24) is 4.90 Å². The number of ether oxygens (including phenoxy) is 1. The minimum atomic E-state index is -0.466. The van der Waals surface area contributed by atoms with E-state index in [1.807, 2.05) is 4.90 Å². The lowest BCUT2D eigenvalue weighted by molar-refractivity contribution is -0.121. The summed E-state index contributed by atoms with van der Waals surface area (Å²) in [7, 11) is 0. The summed E-state index contributed by atoms with van der Waals surface area (Å²) in [6.07, 6.45) is 0.0906. The van der Waals surface area contributed by atoms with E-state index < -0.39 is 5.25 Å². The number of aliphatic imine (C=N–C) groups is 1. The van der Waals surface area contributed by atoms with Gasteiger partial charge in [0.2, 0.25) is 5.91 Å². The first kappa shape index (κ1) is 16.3. The lowest BCUT2D eigenvalue weighted by Gasteiger charge is -2.27. The van der Waals surface area contributed by atoms with Crippen LogP contribution in [0.2, 0.25) is 5.02 Å². The zero-order chi connectivity index (χ0) is 16.2. The summed E-state index contributed by atoms with van der Waals surface area (Å²) in [6, 6.07) is 6.91. The molecule has 8 heteroatoms. The highest BCUT2D eigenvalue weighted by molar-refractivity contribution is 8.15. The highest BCUT2D eigenvalue weighted by Crippen LogP contribution is 2.28. The van der Waals surface area contributed by atoms with Crippen molar-refractivity contribution in [3.8, 4) is 0 Å². The lowest BCUT2D eigenvalue weighted by atomic mass is 10.2. The number of carbonyl (C=O) groups excluding carboxylic acids is 2. The van der Waals surface area contributed by atoms with Crippen LogP contribution in [0.1, 0.15) is 6.42 Å². The lowest BCUT2D eigenvalue weighted by Crippen LogP contribution is -2.39. The normalized spacial score (nSPS) is 21.3. The molecule has 2 aliphatic heterocycles. The number of anilines is 1. The number of nitrogens with one attached hydrogen (secondary N) is 1. The van der Waals surface area contributed by atoms with Crippen molar-refractivity contribution < 1.29 is 14.3 Å². The summed E-state index contributed by atoms with van der Waals surface area (Å²) < 4.78 is 5.29. The minimum absolute atomic E-state index is 0.0906. The van der Waals surface area contributed by atoms with Crippen molar-refractivity contribution in [3.05, 3.63) is 29.3 Å². The Kier molecular flexibility index (Phi) is 5.20. The van der Waals surface area contributed by atoms with Crippen LogP contribution in [0.25, 0.3) is 0 Å². The molecule has 1 atom stereocenters. The molecule has 0 aliphatic carbocycles. The van der Waals surface area contributed by atoms with E-state index in [1.54, 1.807) is 24.3 Å². The monoisotopic (exact) mass is 353 g/mol. The van der Waals surface area contributed by atoms with Gasteiger partial charge in [0, 0.05) is 30.2 Å². The van der Waals surface area contributed by atoms with Gasteiger partial charge < -0.3 is 15.0 Å². The number of hydrogen-bond donors (Lipinski definition) is 1. The third-order valence-corrected chi connectivity index (χ3v) is 4.94. The third kappa shape index (κ3) is 4.25. The molecule has 1 aromatic carbocycles. The molecule has 1 N–H and O–H groups in total. The largest absolute Gasteiger partial charge is 0.378 e. The number of carbonyl (C=O) groups is 2. The van der Waals surface area contributed by atoms with Gasteiger partial charge in [-0.15, -0.1) is 0 Å². The molecule has 1 aromatic rings. The van der Waals surface area contributed by atoms with Gasteiger partial charge in [0.25, 0.3) is 5.91 Å². The number of morpholine rings is 1. The SMILES string of the molecule is O=C(C[C@@H]1SC(N2CCOCC2)=NC1=O)Nc1cccc(Cl)c1. The average molecular weight is 354 g/mol. The molecule has 0 aromatic heterocycles. The second kappa shape index (κ2) is 7.33. The fourth-order valence-electron chi connectivity index (χ4n) is 2.35. The van der Waals surface area contributed by atoms with E-state index in [0.717, 1.165) is 13.1 Å². The predicted octanol–water partition coefficient (Wildman–Crippen LogP) is 2.00. The Balaban J connectivity index is 1.54. The van der Waals surface area contributed by atoms with Gasteiger partial charge >= 0.3 is 0 Å². The minimum Gasteiger partial charge on any atom is -0.378 e. The van der Waals surface area contributed by atoms with Crippen LogP contribution in [0.5, 0.6) is 0 Å². The van der Waals surface area contributed by atoms with Crippen LogP contribution in [0, 0.1) is 0 Å².